The van der Waals surface area contributed by atoms with Gasteiger partial charge in [0, 0.05) is 43.5 Å². The van der Waals surface area contributed by atoms with Crippen molar-refractivity contribution in [1.29, 1.82) is 0 Å². The average Bonchev–Trinajstić information content (AvgIpc) is 3.83. The van der Waals surface area contributed by atoms with Crippen molar-refractivity contribution in [3.05, 3.63) is 30.4 Å². The number of anilines is 5. The summed E-state index contributed by atoms with van der Waals surface area (Å²) in [6.45, 7) is 2.63. The number of rotatable bonds is 7. The Balaban J connectivity index is 1.19. The van der Waals surface area contributed by atoms with Crippen LogP contribution in [0.5, 0.6) is 0 Å². The molecule has 36 heavy (non-hydrogen) atoms. The number of hydrogen-bond acceptors (Lipinski definition) is 11. The van der Waals surface area contributed by atoms with Crippen molar-refractivity contribution < 1.29 is 9.53 Å². The van der Waals surface area contributed by atoms with Gasteiger partial charge >= 0.3 is 0 Å². The first-order chi connectivity index (χ1) is 17.7. The zero-order chi connectivity index (χ0) is 24.1. The predicted octanol–water partition coefficient (Wildman–Crippen LogP) is 1.45. The Labute approximate surface area is 207 Å². The number of carbonyl (C=O) groups excluding carboxylic acids is 1. The summed E-state index contributed by atoms with van der Waals surface area (Å²) in [5.41, 5.74) is 1.06. The van der Waals surface area contributed by atoms with Crippen molar-refractivity contribution in [2.24, 2.45) is 5.92 Å². The number of ether oxygens (including phenoxy) is 1. The van der Waals surface area contributed by atoms with Gasteiger partial charge in [-0.1, -0.05) is 0 Å². The van der Waals surface area contributed by atoms with E-state index in [1.54, 1.807) is 18.6 Å². The van der Waals surface area contributed by atoms with Gasteiger partial charge in [-0.25, -0.2) is 4.98 Å². The van der Waals surface area contributed by atoms with E-state index >= 15 is 0 Å². The van der Waals surface area contributed by atoms with Gasteiger partial charge < -0.3 is 25.2 Å². The number of nitrogens with one attached hydrogen (secondary N) is 3. The number of morpholine rings is 1. The fourth-order valence-electron chi connectivity index (χ4n) is 5.09. The molecule has 5 heterocycles. The zero-order valence-corrected chi connectivity index (χ0v) is 19.7. The summed E-state index contributed by atoms with van der Waals surface area (Å²) in [6.07, 6.45) is 8.81. The van der Waals surface area contributed by atoms with E-state index in [4.69, 9.17) is 19.7 Å². The molecule has 7 rings (SSSR count). The number of hydrogen-bond donors (Lipinski definition) is 3. The molecule has 186 valence electrons. The van der Waals surface area contributed by atoms with Crippen molar-refractivity contribution in [2.75, 3.05) is 46.7 Å². The molecule has 13 heteroatoms. The minimum atomic E-state index is -0.392. The SMILES string of the molecule is O=C(Nc1cnccn1)[C@@H]1C[C@@H]2C[C@@H]2N1c1nc(Nc2cc(C3CC3)n[nH]2)nc(N2CCOCC2)n1. The fraction of sp³-hybridized carbons (Fsp3) is 0.522. The molecule has 3 atom stereocenters. The molecule has 3 N–H and O–H groups in total. The van der Waals surface area contributed by atoms with Gasteiger partial charge in [0.1, 0.15) is 11.9 Å². The van der Waals surface area contributed by atoms with Gasteiger partial charge in [0.15, 0.2) is 5.82 Å². The van der Waals surface area contributed by atoms with E-state index in [-0.39, 0.29) is 11.9 Å². The molecule has 0 spiro atoms. The lowest BCUT2D eigenvalue weighted by Crippen LogP contribution is -2.44. The Hall–Kier alpha value is -3.87. The molecule has 2 saturated heterocycles. The third-order valence-electron chi connectivity index (χ3n) is 7.20. The highest BCUT2D eigenvalue weighted by Gasteiger charge is 2.55. The first kappa shape index (κ1) is 21.4. The summed E-state index contributed by atoms with van der Waals surface area (Å²) < 4.78 is 5.52. The number of amides is 1. The lowest BCUT2D eigenvalue weighted by atomic mass is 10.1. The van der Waals surface area contributed by atoms with Crippen molar-refractivity contribution in [2.45, 2.75) is 43.7 Å². The van der Waals surface area contributed by atoms with Gasteiger partial charge in [-0.15, -0.1) is 0 Å². The van der Waals surface area contributed by atoms with Crippen LogP contribution in [0.2, 0.25) is 0 Å². The van der Waals surface area contributed by atoms with Crippen molar-refractivity contribution in [3.63, 3.8) is 0 Å². The van der Waals surface area contributed by atoms with Gasteiger partial charge in [-0.05, 0) is 31.6 Å². The molecular formula is C23H27N11O2. The van der Waals surface area contributed by atoms with Gasteiger partial charge in [0.2, 0.25) is 23.8 Å². The van der Waals surface area contributed by atoms with Crippen LogP contribution in [0.25, 0.3) is 0 Å². The number of aromatic nitrogens is 7. The highest BCUT2D eigenvalue weighted by molar-refractivity contribution is 5.96. The van der Waals surface area contributed by atoms with E-state index in [9.17, 15) is 4.79 Å². The Morgan fingerprint density at radius 2 is 1.94 bits per heavy atom. The van der Waals surface area contributed by atoms with Crippen LogP contribution in [-0.2, 0) is 9.53 Å². The molecule has 4 aliphatic rings. The summed E-state index contributed by atoms with van der Waals surface area (Å²) in [7, 11) is 0. The second kappa shape index (κ2) is 8.66. The molecule has 0 unspecified atom stereocenters. The average molecular weight is 490 g/mol. The van der Waals surface area contributed by atoms with Crippen LogP contribution in [0.15, 0.2) is 24.7 Å². The summed E-state index contributed by atoms with van der Waals surface area (Å²) in [5.74, 6) is 3.53. The molecule has 0 radical (unpaired) electrons. The number of nitrogens with zero attached hydrogens (tertiary/aromatic N) is 8. The zero-order valence-electron chi connectivity index (χ0n) is 19.7. The second-order valence-corrected chi connectivity index (χ2v) is 9.77. The van der Waals surface area contributed by atoms with E-state index in [2.05, 4.69) is 40.6 Å². The smallest absolute Gasteiger partial charge is 0.248 e. The highest BCUT2D eigenvalue weighted by Crippen LogP contribution is 2.49. The molecule has 0 bridgehead atoms. The number of carbonyl (C=O) groups is 1. The van der Waals surface area contributed by atoms with Crippen molar-refractivity contribution in [3.8, 4) is 0 Å². The molecule has 2 saturated carbocycles. The van der Waals surface area contributed by atoms with Gasteiger partial charge in [0.25, 0.3) is 0 Å². The van der Waals surface area contributed by atoms with Gasteiger partial charge in [-0.2, -0.15) is 20.1 Å². The second-order valence-electron chi connectivity index (χ2n) is 9.77. The third-order valence-corrected chi connectivity index (χ3v) is 7.20. The maximum Gasteiger partial charge on any atom is 0.248 e. The van der Waals surface area contributed by atoms with Gasteiger partial charge in [0.05, 0.1) is 25.1 Å². The number of piperidine rings is 1. The standard InChI is InChI=1S/C23H27N11O2/c35-20(26-19-12-24-3-4-25-19)17-10-14-9-16(14)34(17)23-29-21(27-18-11-15(31-32-18)13-1-2-13)28-22(30-23)33-5-7-36-8-6-33/h3-4,11-14,16-17H,1-2,5-10H2,(H,25,26,35)(H2,27,28,29,30,31,32)/t14-,16-,17-/m0/s1. The maximum atomic E-state index is 13.3. The Bertz CT molecular complexity index is 1260. The molecule has 0 aromatic carbocycles. The summed E-state index contributed by atoms with van der Waals surface area (Å²) in [5, 5.41) is 13.6. The normalized spacial score (nSPS) is 24.9. The number of fused-ring (bicyclic) bond motifs is 1. The molecule has 2 aliphatic heterocycles. The first-order valence-electron chi connectivity index (χ1n) is 12.5. The van der Waals surface area contributed by atoms with Crippen LogP contribution in [0.1, 0.15) is 37.3 Å². The number of aromatic amines is 1. The summed E-state index contributed by atoms with van der Waals surface area (Å²) in [4.78, 5) is 39.9. The van der Waals surface area contributed by atoms with E-state index in [0.29, 0.717) is 61.8 Å². The summed E-state index contributed by atoms with van der Waals surface area (Å²) >= 11 is 0. The Kier molecular flexibility index (Phi) is 5.15. The minimum Gasteiger partial charge on any atom is -0.378 e. The lowest BCUT2D eigenvalue weighted by molar-refractivity contribution is -0.117. The molecule has 1 amide bonds. The van der Waals surface area contributed by atoms with Crippen LogP contribution in [0, 0.1) is 5.92 Å². The largest absolute Gasteiger partial charge is 0.378 e. The van der Waals surface area contributed by atoms with Crippen LogP contribution in [-0.4, -0.2) is 79.4 Å². The van der Waals surface area contributed by atoms with Gasteiger partial charge in [-0.3, -0.25) is 14.9 Å². The topological polar surface area (TPSA) is 150 Å². The van der Waals surface area contributed by atoms with Crippen LogP contribution in [0.4, 0.5) is 29.5 Å². The minimum absolute atomic E-state index is 0.131. The Morgan fingerprint density at radius 3 is 2.75 bits per heavy atom. The molecule has 4 fully saturated rings. The highest BCUT2D eigenvalue weighted by atomic mass is 16.5. The molecular weight excluding hydrogens is 462 g/mol. The van der Waals surface area contributed by atoms with Crippen LogP contribution in [0.3, 0.4) is 0 Å². The van der Waals surface area contributed by atoms with E-state index in [1.165, 1.54) is 12.8 Å². The van der Waals surface area contributed by atoms with E-state index < -0.39 is 6.04 Å². The van der Waals surface area contributed by atoms with E-state index in [0.717, 1.165) is 24.4 Å². The fourth-order valence-corrected chi connectivity index (χ4v) is 5.09. The van der Waals surface area contributed by atoms with E-state index in [1.807, 2.05) is 6.07 Å². The predicted molar refractivity (Wildman–Crippen MR) is 130 cm³/mol. The third kappa shape index (κ3) is 4.19. The lowest BCUT2D eigenvalue weighted by Gasteiger charge is -2.30. The van der Waals surface area contributed by atoms with Crippen molar-refractivity contribution >= 4 is 35.4 Å². The monoisotopic (exact) mass is 489 g/mol. The summed E-state index contributed by atoms with van der Waals surface area (Å²) in [6, 6.07) is 1.86. The molecule has 13 nitrogen and oxygen atoms in total. The maximum absolute atomic E-state index is 13.3. The quantitative estimate of drug-likeness (QED) is 0.442. The van der Waals surface area contributed by atoms with Crippen LogP contribution >= 0.6 is 0 Å². The Morgan fingerprint density at radius 1 is 1.08 bits per heavy atom. The van der Waals surface area contributed by atoms with Crippen molar-refractivity contribution in [1.82, 2.24) is 35.1 Å². The molecule has 2 aliphatic carbocycles. The molecule has 3 aromatic heterocycles. The van der Waals surface area contributed by atoms with Crippen LogP contribution < -0.4 is 20.4 Å². The number of H-pyrrole nitrogens is 1. The first-order valence-corrected chi connectivity index (χ1v) is 12.5. The molecule has 3 aromatic rings.